The molecule has 0 spiro atoms. The summed E-state index contributed by atoms with van der Waals surface area (Å²) in [4.78, 5) is 20.1. The van der Waals surface area contributed by atoms with Gasteiger partial charge in [0.05, 0.1) is 19.3 Å². The highest BCUT2D eigenvalue weighted by atomic mass is 16.5. The molecule has 1 N–H and O–H groups in total. The molecule has 1 aromatic rings. The number of hydrogen-bond donors (Lipinski definition) is 1. The minimum absolute atomic E-state index is 0.000965. The Labute approximate surface area is 151 Å². The predicted octanol–water partition coefficient (Wildman–Crippen LogP) is 2.93. The van der Waals surface area contributed by atoms with Crippen molar-refractivity contribution in [1.82, 2.24) is 15.2 Å². The second kappa shape index (κ2) is 8.28. The van der Waals surface area contributed by atoms with Crippen molar-refractivity contribution in [2.24, 2.45) is 5.92 Å². The third kappa shape index (κ3) is 4.04. The molecular weight excluding hydrogens is 314 g/mol. The summed E-state index contributed by atoms with van der Waals surface area (Å²) in [6.07, 6.45) is 9.04. The van der Waals surface area contributed by atoms with Crippen molar-refractivity contribution in [1.29, 1.82) is 0 Å². The summed E-state index contributed by atoms with van der Waals surface area (Å²) in [6.45, 7) is 7.47. The van der Waals surface area contributed by atoms with Gasteiger partial charge in [-0.2, -0.15) is 0 Å². The lowest BCUT2D eigenvalue weighted by molar-refractivity contribution is -0.141. The molecule has 2 fully saturated rings. The van der Waals surface area contributed by atoms with Gasteiger partial charge >= 0.3 is 0 Å². The Morgan fingerprint density at radius 2 is 1.96 bits per heavy atom. The molecule has 1 aliphatic heterocycles. The van der Waals surface area contributed by atoms with Gasteiger partial charge in [0.2, 0.25) is 5.91 Å². The van der Waals surface area contributed by atoms with Crippen LogP contribution in [0.3, 0.4) is 0 Å². The molecule has 1 saturated heterocycles. The lowest BCUT2D eigenvalue weighted by Gasteiger charge is -2.47. The standard InChI is InChI=1S/C20H31N3O2/c1-16(2)18(17-7-6-10-21-15-17)22-19(24)20(8-4-3-5-9-20)23-11-13-25-14-12-23/h6-7,10,15-16,18H,3-5,8-9,11-14H2,1-2H3,(H,22,24). The highest BCUT2D eigenvalue weighted by Gasteiger charge is 2.45. The van der Waals surface area contributed by atoms with Gasteiger partial charge in [-0.3, -0.25) is 14.7 Å². The number of amides is 1. The summed E-state index contributed by atoms with van der Waals surface area (Å²) in [5, 5.41) is 3.38. The van der Waals surface area contributed by atoms with E-state index in [1.807, 2.05) is 12.3 Å². The average Bonchev–Trinajstić information content (AvgIpc) is 2.67. The van der Waals surface area contributed by atoms with Crippen molar-refractivity contribution in [2.45, 2.75) is 57.5 Å². The van der Waals surface area contributed by atoms with Crippen LogP contribution in [0.5, 0.6) is 0 Å². The summed E-state index contributed by atoms with van der Waals surface area (Å²) < 4.78 is 5.52. The van der Waals surface area contributed by atoms with Crippen molar-refractivity contribution >= 4 is 5.91 Å². The lowest BCUT2D eigenvalue weighted by atomic mass is 9.78. The summed E-state index contributed by atoms with van der Waals surface area (Å²) in [5.74, 6) is 0.509. The first-order chi connectivity index (χ1) is 12.1. The largest absolute Gasteiger partial charge is 0.379 e. The molecule has 5 heteroatoms. The first kappa shape index (κ1) is 18.3. The van der Waals surface area contributed by atoms with E-state index in [0.717, 1.165) is 57.6 Å². The van der Waals surface area contributed by atoms with Crippen LogP contribution in [0.4, 0.5) is 0 Å². The zero-order valence-corrected chi connectivity index (χ0v) is 15.5. The molecule has 1 amide bonds. The molecule has 1 unspecified atom stereocenters. The Morgan fingerprint density at radius 1 is 1.24 bits per heavy atom. The Bertz CT molecular complexity index is 549. The summed E-state index contributed by atoms with van der Waals surface area (Å²) >= 11 is 0. The van der Waals surface area contributed by atoms with E-state index in [2.05, 4.69) is 35.1 Å². The number of nitrogens with one attached hydrogen (secondary N) is 1. The molecule has 1 saturated carbocycles. The molecule has 0 bridgehead atoms. The van der Waals surface area contributed by atoms with Crippen LogP contribution in [0.15, 0.2) is 24.5 Å². The van der Waals surface area contributed by atoms with Crippen molar-refractivity contribution < 1.29 is 9.53 Å². The summed E-state index contributed by atoms with van der Waals surface area (Å²) in [6, 6.07) is 4.00. The van der Waals surface area contributed by atoms with Crippen molar-refractivity contribution in [3.05, 3.63) is 30.1 Å². The highest BCUT2D eigenvalue weighted by molar-refractivity contribution is 5.87. The van der Waals surface area contributed by atoms with Gasteiger partial charge in [0.15, 0.2) is 0 Å². The van der Waals surface area contributed by atoms with Gasteiger partial charge in [-0.15, -0.1) is 0 Å². The van der Waals surface area contributed by atoms with E-state index in [-0.39, 0.29) is 17.5 Å². The fourth-order valence-electron chi connectivity index (χ4n) is 4.29. The third-order valence-electron chi connectivity index (χ3n) is 5.72. The van der Waals surface area contributed by atoms with Crippen molar-refractivity contribution in [3.63, 3.8) is 0 Å². The van der Waals surface area contributed by atoms with E-state index in [9.17, 15) is 4.79 Å². The zero-order chi connectivity index (χ0) is 17.7. The smallest absolute Gasteiger partial charge is 0.241 e. The quantitative estimate of drug-likeness (QED) is 0.891. The second-order valence-electron chi connectivity index (χ2n) is 7.67. The summed E-state index contributed by atoms with van der Waals surface area (Å²) in [7, 11) is 0. The number of rotatable bonds is 5. The molecule has 3 rings (SSSR count). The van der Waals surface area contributed by atoms with E-state index >= 15 is 0 Å². The molecule has 2 aliphatic rings. The Kier molecular flexibility index (Phi) is 6.07. The molecular formula is C20H31N3O2. The van der Waals surface area contributed by atoms with Crippen LogP contribution in [0.2, 0.25) is 0 Å². The van der Waals surface area contributed by atoms with E-state index in [0.29, 0.717) is 5.92 Å². The first-order valence-corrected chi connectivity index (χ1v) is 9.67. The number of nitrogens with zero attached hydrogens (tertiary/aromatic N) is 2. The SMILES string of the molecule is CC(C)C(NC(=O)C1(N2CCOCC2)CCCCC1)c1cccnc1. The number of carbonyl (C=O) groups is 1. The molecule has 0 radical (unpaired) electrons. The number of carbonyl (C=O) groups excluding carboxylic acids is 1. The van der Waals surface area contributed by atoms with Crippen LogP contribution in [-0.2, 0) is 9.53 Å². The van der Waals surface area contributed by atoms with Gasteiger partial charge in [-0.05, 0) is 30.4 Å². The number of aromatic nitrogens is 1. The number of ether oxygens (including phenoxy) is 1. The fourth-order valence-corrected chi connectivity index (χ4v) is 4.29. The van der Waals surface area contributed by atoms with E-state index in [4.69, 9.17) is 4.74 Å². The first-order valence-electron chi connectivity index (χ1n) is 9.67. The second-order valence-corrected chi connectivity index (χ2v) is 7.67. The van der Waals surface area contributed by atoms with Crippen LogP contribution in [0.25, 0.3) is 0 Å². The van der Waals surface area contributed by atoms with Gasteiger partial charge in [-0.25, -0.2) is 0 Å². The van der Waals surface area contributed by atoms with Crippen LogP contribution >= 0.6 is 0 Å². The maximum atomic E-state index is 13.5. The monoisotopic (exact) mass is 345 g/mol. The van der Waals surface area contributed by atoms with Crippen molar-refractivity contribution in [3.8, 4) is 0 Å². The Morgan fingerprint density at radius 3 is 2.56 bits per heavy atom. The molecule has 1 atom stereocenters. The topological polar surface area (TPSA) is 54.5 Å². The van der Waals surface area contributed by atoms with Gasteiger partial charge in [0.1, 0.15) is 5.54 Å². The molecule has 0 aromatic carbocycles. The molecule has 1 aromatic heterocycles. The van der Waals surface area contributed by atoms with Gasteiger partial charge in [-0.1, -0.05) is 39.2 Å². The fraction of sp³-hybridized carbons (Fsp3) is 0.700. The molecule has 2 heterocycles. The predicted molar refractivity (Wildman–Crippen MR) is 98.2 cm³/mol. The minimum Gasteiger partial charge on any atom is -0.379 e. The Balaban J connectivity index is 1.81. The molecule has 25 heavy (non-hydrogen) atoms. The van der Waals surface area contributed by atoms with Crippen LogP contribution in [0.1, 0.15) is 57.6 Å². The molecule has 1 aliphatic carbocycles. The lowest BCUT2D eigenvalue weighted by Crippen LogP contribution is -2.62. The van der Waals surface area contributed by atoms with E-state index in [1.54, 1.807) is 6.20 Å². The minimum atomic E-state index is -0.364. The Hall–Kier alpha value is -1.46. The summed E-state index contributed by atoms with van der Waals surface area (Å²) in [5.41, 5.74) is 0.718. The maximum Gasteiger partial charge on any atom is 0.241 e. The average molecular weight is 345 g/mol. The van der Waals surface area contributed by atoms with Crippen LogP contribution in [0, 0.1) is 5.92 Å². The van der Waals surface area contributed by atoms with Crippen LogP contribution < -0.4 is 5.32 Å². The van der Waals surface area contributed by atoms with Gasteiger partial charge in [0.25, 0.3) is 0 Å². The zero-order valence-electron chi connectivity index (χ0n) is 15.5. The van der Waals surface area contributed by atoms with Crippen LogP contribution in [-0.4, -0.2) is 47.6 Å². The van der Waals surface area contributed by atoms with E-state index < -0.39 is 0 Å². The number of morpholine rings is 1. The van der Waals surface area contributed by atoms with E-state index in [1.165, 1.54) is 6.42 Å². The normalized spacial score (nSPS) is 22.5. The number of pyridine rings is 1. The number of hydrogen-bond acceptors (Lipinski definition) is 4. The third-order valence-corrected chi connectivity index (χ3v) is 5.72. The van der Waals surface area contributed by atoms with Crippen molar-refractivity contribution in [2.75, 3.05) is 26.3 Å². The van der Waals surface area contributed by atoms with Gasteiger partial charge in [0, 0.05) is 25.5 Å². The highest BCUT2D eigenvalue weighted by Crippen LogP contribution is 2.35. The molecule has 5 nitrogen and oxygen atoms in total. The van der Waals surface area contributed by atoms with Gasteiger partial charge < -0.3 is 10.1 Å². The molecule has 138 valence electrons. The maximum absolute atomic E-state index is 13.5.